The minimum Gasteiger partial charge on any atom is -0.370 e. The summed E-state index contributed by atoms with van der Waals surface area (Å²) in [4.78, 5) is 44.4. The number of unbranched alkanes of at least 4 members (excludes halogenated alkanes) is 1. The van der Waals surface area contributed by atoms with Crippen LogP contribution < -0.4 is 27.4 Å². The summed E-state index contributed by atoms with van der Waals surface area (Å²) in [5, 5.41) is 17.5. The zero-order valence-electron chi connectivity index (χ0n) is 19.6. The Morgan fingerprint density at radius 1 is 1.26 bits per heavy atom. The Kier molecular flexibility index (Phi) is 9.15. The molecule has 11 nitrogen and oxygen atoms in total. The van der Waals surface area contributed by atoms with Gasteiger partial charge in [-0.05, 0) is 37.8 Å². The van der Waals surface area contributed by atoms with Gasteiger partial charge in [0, 0.05) is 37.1 Å². The summed E-state index contributed by atoms with van der Waals surface area (Å²) < 4.78 is 0. The number of nitrogens with one attached hydrogen (secondary N) is 4. The summed E-state index contributed by atoms with van der Waals surface area (Å²) >= 11 is 1.30. The highest BCUT2D eigenvalue weighted by Crippen LogP contribution is 2.34. The van der Waals surface area contributed by atoms with Crippen molar-refractivity contribution in [1.29, 1.82) is 5.41 Å². The molecule has 0 radical (unpaired) electrons. The first-order valence-corrected chi connectivity index (χ1v) is 12.4. The van der Waals surface area contributed by atoms with Gasteiger partial charge in [-0.3, -0.25) is 19.8 Å². The first kappa shape index (κ1) is 26.1. The van der Waals surface area contributed by atoms with E-state index in [2.05, 4.69) is 20.9 Å². The summed E-state index contributed by atoms with van der Waals surface area (Å²) in [5.41, 5.74) is 12.2. The van der Waals surface area contributed by atoms with Crippen LogP contribution >= 0.6 is 11.3 Å². The first-order valence-electron chi connectivity index (χ1n) is 11.5. The number of carbonyl (C=O) groups excluding carboxylic acids is 3. The normalized spacial score (nSPS) is 18.1. The topological polar surface area (TPSA) is 179 Å². The summed E-state index contributed by atoms with van der Waals surface area (Å²) in [6.07, 6.45) is 2.33. The lowest BCUT2D eigenvalue weighted by Crippen LogP contribution is -2.45. The maximum Gasteiger partial charge on any atom is 0.271 e. The number of amides is 3. The largest absolute Gasteiger partial charge is 0.370 e. The molecule has 2 aromatic rings. The van der Waals surface area contributed by atoms with E-state index in [-0.39, 0.29) is 35.6 Å². The molecule has 35 heavy (non-hydrogen) atoms. The third kappa shape index (κ3) is 6.99. The number of hydrogen-bond donors (Lipinski definition) is 6. The van der Waals surface area contributed by atoms with Crippen molar-refractivity contribution in [1.82, 2.24) is 25.8 Å². The number of nitrogens with two attached hydrogens (primary N) is 2. The van der Waals surface area contributed by atoms with E-state index in [0.717, 1.165) is 0 Å². The Morgan fingerprint density at radius 3 is 2.69 bits per heavy atom. The van der Waals surface area contributed by atoms with Crippen molar-refractivity contribution in [3.63, 3.8) is 0 Å². The van der Waals surface area contributed by atoms with Crippen molar-refractivity contribution < 1.29 is 14.4 Å². The van der Waals surface area contributed by atoms with Gasteiger partial charge in [0.05, 0.1) is 6.04 Å². The molecule has 0 spiro atoms. The summed E-state index contributed by atoms with van der Waals surface area (Å²) in [6.45, 7) is 0.928. The zero-order chi connectivity index (χ0) is 25.4. The first-order chi connectivity index (χ1) is 16.8. The quantitative estimate of drug-likeness (QED) is 0.157. The van der Waals surface area contributed by atoms with Crippen molar-refractivity contribution in [2.75, 3.05) is 20.1 Å². The Bertz CT molecular complexity index is 1040. The molecule has 2 heterocycles. The van der Waals surface area contributed by atoms with Crippen molar-refractivity contribution in [3.05, 3.63) is 52.0 Å². The van der Waals surface area contributed by atoms with Gasteiger partial charge in [-0.2, -0.15) is 0 Å². The van der Waals surface area contributed by atoms with E-state index in [1.165, 1.54) is 18.4 Å². The fourth-order valence-electron chi connectivity index (χ4n) is 3.99. The van der Waals surface area contributed by atoms with Crippen LogP contribution in [0.4, 0.5) is 0 Å². The lowest BCUT2D eigenvalue weighted by atomic mass is 10.1. The Labute approximate surface area is 208 Å². The number of hydrogen-bond acceptors (Lipinski definition) is 7. The van der Waals surface area contributed by atoms with Crippen molar-refractivity contribution in [3.8, 4) is 0 Å². The number of likely N-dealkylation sites (tertiary alicyclic amines) is 1. The molecule has 1 aromatic heterocycles. The van der Waals surface area contributed by atoms with E-state index < -0.39 is 11.9 Å². The monoisotopic (exact) mass is 500 g/mol. The van der Waals surface area contributed by atoms with Crippen LogP contribution in [0, 0.1) is 5.41 Å². The molecule has 3 atom stereocenters. The van der Waals surface area contributed by atoms with Crippen LogP contribution in [0.5, 0.6) is 0 Å². The molecular formula is C23H32N8O3S. The van der Waals surface area contributed by atoms with Gasteiger partial charge in [-0.25, -0.2) is 4.98 Å². The SMILES string of the molecule is CNC(=O)C(CCCCNC(=N)N)NC(=O)c1csc([C@@H]2C[C@@H](N)CN2C(=O)c2ccccc2)n1. The van der Waals surface area contributed by atoms with Crippen LogP contribution in [0.15, 0.2) is 35.7 Å². The number of benzene rings is 1. The van der Waals surface area contributed by atoms with Gasteiger partial charge in [0.15, 0.2) is 5.96 Å². The van der Waals surface area contributed by atoms with E-state index in [4.69, 9.17) is 16.9 Å². The van der Waals surface area contributed by atoms with Crippen LogP contribution in [0.25, 0.3) is 0 Å². The zero-order valence-corrected chi connectivity index (χ0v) is 20.4. The number of likely N-dealkylation sites (N-methyl/N-ethyl adjacent to an activating group) is 1. The Balaban J connectivity index is 1.65. The molecule has 0 aliphatic carbocycles. The molecule has 1 aromatic carbocycles. The molecule has 0 saturated carbocycles. The van der Waals surface area contributed by atoms with Crippen molar-refractivity contribution in [2.45, 2.75) is 43.8 Å². The molecule has 8 N–H and O–H groups in total. The fourth-order valence-corrected chi connectivity index (χ4v) is 4.91. The lowest BCUT2D eigenvalue weighted by molar-refractivity contribution is -0.122. The highest BCUT2D eigenvalue weighted by Gasteiger charge is 2.37. The second-order valence-electron chi connectivity index (χ2n) is 8.38. The van der Waals surface area contributed by atoms with Gasteiger partial charge >= 0.3 is 0 Å². The highest BCUT2D eigenvalue weighted by atomic mass is 32.1. The molecule has 188 valence electrons. The minimum atomic E-state index is -0.717. The van der Waals surface area contributed by atoms with Gasteiger partial charge in [0.2, 0.25) is 5.91 Å². The minimum absolute atomic E-state index is 0.104. The molecule has 3 rings (SSSR count). The van der Waals surface area contributed by atoms with Crippen LogP contribution in [0.3, 0.4) is 0 Å². The maximum atomic E-state index is 13.1. The average Bonchev–Trinajstić information content (AvgIpc) is 3.49. The van der Waals surface area contributed by atoms with Crippen molar-refractivity contribution >= 4 is 35.0 Å². The van der Waals surface area contributed by atoms with E-state index in [0.29, 0.717) is 49.3 Å². The van der Waals surface area contributed by atoms with E-state index >= 15 is 0 Å². The third-order valence-corrected chi connectivity index (χ3v) is 6.70. The summed E-state index contributed by atoms with van der Waals surface area (Å²) in [7, 11) is 1.52. The molecule has 12 heteroatoms. The summed E-state index contributed by atoms with van der Waals surface area (Å²) in [6, 6.07) is 7.80. The Hall–Kier alpha value is -3.51. The smallest absolute Gasteiger partial charge is 0.271 e. The van der Waals surface area contributed by atoms with E-state index in [1.54, 1.807) is 22.4 Å². The number of nitrogens with zero attached hydrogens (tertiary/aromatic N) is 2. The van der Waals surface area contributed by atoms with Gasteiger partial charge in [-0.15, -0.1) is 11.3 Å². The molecule has 1 unspecified atom stereocenters. The van der Waals surface area contributed by atoms with Gasteiger partial charge < -0.3 is 32.3 Å². The lowest BCUT2D eigenvalue weighted by Gasteiger charge is -2.23. The van der Waals surface area contributed by atoms with Crippen molar-refractivity contribution in [2.24, 2.45) is 11.5 Å². The van der Waals surface area contributed by atoms with Gasteiger partial charge in [-0.1, -0.05) is 18.2 Å². The number of carbonyl (C=O) groups is 3. The molecular weight excluding hydrogens is 468 g/mol. The molecule has 1 aliphatic heterocycles. The third-order valence-electron chi connectivity index (χ3n) is 5.76. The van der Waals surface area contributed by atoms with E-state index in [1.807, 2.05) is 18.2 Å². The molecule has 0 bridgehead atoms. The predicted molar refractivity (Wildman–Crippen MR) is 134 cm³/mol. The van der Waals surface area contributed by atoms with E-state index in [9.17, 15) is 14.4 Å². The standard InChI is InChI=1S/C23H32N8O3S/c1-27-19(32)16(9-5-6-10-28-23(25)26)29-20(33)17-13-35-21(30-17)18-11-15(24)12-31(18)22(34)14-7-3-2-4-8-14/h2-4,7-8,13,15-16,18H,5-6,9-12,24H2,1H3,(H,27,32)(H,29,33)(H4,25,26,28)/t15-,16?,18+/m1/s1. The van der Waals surface area contributed by atoms with Crippen LogP contribution in [-0.4, -0.2) is 65.8 Å². The maximum absolute atomic E-state index is 13.1. The predicted octanol–water partition coefficient (Wildman–Crippen LogP) is 0.555. The number of rotatable bonds is 10. The number of aromatic nitrogens is 1. The number of thiazole rings is 1. The number of guanidine groups is 1. The molecule has 1 aliphatic rings. The average molecular weight is 501 g/mol. The van der Waals surface area contributed by atoms with Crippen LogP contribution in [0.1, 0.15) is 57.6 Å². The Morgan fingerprint density at radius 2 is 2.00 bits per heavy atom. The second-order valence-corrected chi connectivity index (χ2v) is 9.27. The summed E-state index contributed by atoms with van der Waals surface area (Å²) in [5.74, 6) is -0.975. The highest BCUT2D eigenvalue weighted by molar-refractivity contribution is 7.09. The second kappa shape index (κ2) is 12.3. The van der Waals surface area contributed by atoms with Crippen LogP contribution in [-0.2, 0) is 4.79 Å². The molecule has 3 amide bonds. The van der Waals surface area contributed by atoms with Gasteiger partial charge in [0.1, 0.15) is 16.7 Å². The molecule has 1 fully saturated rings. The molecule has 1 saturated heterocycles. The van der Waals surface area contributed by atoms with Crippen LogP contribution in [0.2, 0.25) is 0 Å². The fraction of sp³-hybridized carbons (Fsp3) is 0.435. The van der Waals surface area contributed by atoms with Gasteiger partial charge in [0.25, 0.3) is 11.8 Å².